The quantitative estimate of drug-likeness (QED) is 0.464. The Kier molecular flexibility index (Phi) is 6.87. The Hall–Kier alpha value is -4.20. The molecule has 0 bridgehead atoms. The van der Waals surface area contributed by atoms with E-state index >= 15 is 0 Å². The van der Waals surface area contributed by atoms with Crippen LogP contribution in [0.3, 0.4) is 0 Å². The second-order valence-electron chi connectivity index (χ2n) is 7.57. The number of nitrogens with zero attached hydrogens (tertiary/aromatic N) is 2. The van der Waals surface area contributed by atoms with Crippen molar-refractivity contribution in [1.82, 2.24) is 5.01 Å². The number of aldehydes is 1. The van der Waals surface area contributed by atoms with Crippen LogP contribution >= 0.6 is 0 Å². The molecule has 34 heavy (non-hydrogen) atoms. The summed E-state index contributed by atoms with van der Waals surface area (Å²) in [6.45, 7) is -0.311. The van der Waals surface area contributed by atoms with Crippen molar-refractivity contribution in [2.75, 3.05) is 20.8 Å². The molecular weight excluding hydrogens is 439 g/mol. The largest absolute Gasteiger partial charge is 0.493 e. The molecule has 0 aromatic heterocycles. The molecule has 0 radical (unpaired) electrons. The summed E-state index contributed by atoms with van der Waals surface area (Å²) >= 11 is 0. The number of carbonyl (C=O) groups excluding carboxylic acids is 2. The first-order valence-electron chi connectivity index (χ1n) is 10.6. The van der Waals surface area contributed by atoms with Gasteiger partial charge < -0.3 is 14.2 Å². The molecule has 1 aliphatic rings. The van der Waals surface area contributed by atoms with Gasteiger partial charge in [0.2, 0.25) is 0 Å². The Morgan fingerprint density at radius 2 is 1.76 bits per heavy atom. The number of hydrogen-bond donors (Lipinski definition) is 0. The van der Waals surface area contributed by atoms with Crippen molar-refractivity contribution in [3.8, 4) is 17.2 Å². The fourth-order valence-corrected chi connectivity index (χ4v) is 3.79. The second kappa shape index (κ2) is 10.2. The van der Waals surface area contributed by atoms with Gasteiger partial charge in [0.15, 0.2) is 24.4 Å². The monoisotopic (exact) mass is 462 g/mol. The van der Waals surface area contributed by atoms with Gasteiger partial charge in [0.25, 0.3) is 5.91 Å². The minimum absolute atomic E-state index is 0.311. The molecule has 1 aliphatic heterocycles. The van der Waals surface area contributed by atoms with Gasteiger partial charge in [-0.3, -0.25) is 9.59 Å². The zero-order chi connectivity index (χ0) is 24.1. The van der Waals surface area contributed by atoms with Crippen molar-refractivity contribution in [3.05, 3.63) is 89.2 Å². The Balaban J connectivity index is 1.63. The third-order valence-corrected chi connectivity index (χ3v) is 5.53. The van der Waals surface area contributed by atoms with E-state index in [0.717, 1.165) is 11.1 Å². The van der Waals surface area contributed by atoms with E-state index in [1.165, 1.54) is 24.3 Å². The molecule has 0 aliphatic carbocycles. The number of carbonyl (C=O) groups is 2. The molecule has 0 N–H and O–H groups in total. The van der Waals surface area contributed by atoms with E-state index in [4.69, 9.17) is 14.2 Å². The third kappa shape index (κ3) is 4.76. The van der Waals surface area contributed by atoms with Gasteiger partial charge >= 0.3 is 0 Å². The van der Waals surface area contributed by atoms with Gasteiger partial charge in [0.05, 0.1) is 31.5 Å². The molecule has 1 unspecified atom stereocenters. The molecule has 0 spiro atoms. The first kappa shape index (κ1) is 23.0. The SMILES string of the molecule is COc1ccc(C2CC(c3ccc(F)cc3)=NN2C(=O)COc2ccccc2C=O)cc1OC. The normalized spacial score (nSPS) is 15.0. The zero-order valence-corrected chi connectivity index (χ0v) is 18.7. The van der Waals surface area contributed by atoms with Crippen LogP contribution in [0.5, 0.6) is 17.2 Å². The van der Waals surface area contributed by atoms with Gasteiger partial charge in [-0.2, -0.15) is 5.10 Å². The average Bonchev–Trinajstić information content (AvgIpc) is 3.33. The van der Waals surface area contributed by atoms with Crippen LogP contribution in [0, 0.1) is 5.82 Å². The highest BCUT2D eigenvalue weighted by molar-refractivity contribution is 6.03. The maximum Gasteiger partial charge on any atom is 0.281 e. The van der Waals surface area contributed by atoms with Crippen LogP contribution in [-0.2, 0) is 4.79 Å². The summed E-state index contributed by atoms with van der Waals surface area (Å²) < 4.78 is 29.8. The lowest BCUT2D eigenvalue weighted by molar-refractivity contribution is -0.135. The number of halogens is 1. The number of hydrogen-bond acceptors (Lipinski definition) is 6. The lowest BCUT2D eigenvalue weighted by atomic mass is 9.98. The lowest BCUT2D eigenvalue weighted by Gasteiger charge is -2.23. The molecule has 1 heterocycles. The Morgan fingerprint density at radius 1 is 1.03 bits per heavy atom. The van der Waals surface area contributed by atoms with Gasteiger partial charge in [-0.25, -0.2) is 9.40 Å². The number of amides is 1. The first-order chi connectivity index (χ1) is 16.5. The summed E-state index contributed by atoms with van der Waals surface area (Å²) in [6.07, 6.45) is 1.09. The molecule has 0 saturated heterocycles. The average molecular weight is 462 g/mol. The van der Waals surface area contributed by atoms with Crippen LogP contribution < -0.4 is 14.2 Å². The summed E-state index contributed by atoms with van der Waals surface area (Å²) in [6, 6.07) is 17.6. The molecule has 8 heteroatoms. The van der Waals surface area contributed by atoms with Crippen molar-refractivity contribution in [3.63, 3.8) is 0 Å². The number of rotatable bonds is 8. The van der Waals surface area contributed by atoms with Crippen molar-refractivity contribution in [2.24, 2.45) is 5.10 Å². The van der Waals surface area contributed by atoms with E-state index in [2.05, 4.69) is 5.10 Å². The van der Waals surface area contributed by atoms with E-state index < -0.39 is 11.9 Å². The van der Waals surface area contributed by atoms with E-state index in [1.54, 1.807) is 55.6 Å². The molecule has 3 aromatic rings. The highest BCUT2D eigenvalue weighted by Crippen LogP contribution is 2.37. The Labute approximate surface area is 196 Å². The van der Waals surface area contributed by atoms with Crippen molar-refractivity contribution in [1.29, 1.82) is 0 Å². The minimum Gasteiger partial charge on any atom is -0.493 e. The predicted octanol–water partition coefficient (Wildman–Crippen LogP) is 4.41. The summed E-state index contributed by atoms with van der Waals surface area (Å²) in [7, 11) is 3.09. The minimum atomic E-state index is -0.433. The van der Waals surface area contributed by atoms with Crippen molar-refractivity contribution in [2.45, 2.75) is 12.5 Å². The highest BCUT2D eigenvalue weighted by Gasteiger charge is 2.34. The second-order valence-corrected chi connectivity index (χ2v) is 7.57. The highest BCUT2D eigenvalue weighted by atomic mass is 19.1. The molecule has 4 rings (SSSR count). The van der Waals surface area contributed by atoms with Gasteiger partial charge in [-0.05, 0) is 47.5 Å². The predicted molar refractivity (Wildman–Crippen MR) is 124 cm³/mol. The molecule has 0 fully saturated rings. The third-order valence-electron chi connectivity index (χ3n) is 5.53. The zero-order valence-electron chi connectivity index (χ0n) is 18.7. The van der Waals surface area contributed by atoms with Crippen LogP contribution in [-0.4, -0.2) is 43.7 Å². The Morgan fingerprint density at radius 3 is 2.47 bits per heavy atom. The fourth-order valence-electron chi connectivity index (χ4n) is 3.79. The smallest absolute Gasteiger partial charge is 0.281 e. The van der Waals surface area contributed by atoms with Gasteiger partial charge in [-0.1, -0.05) is 30.3 Å². The molecule has 1 atom stereocenters. The topological polar surface area (TPSA) is 77.4 Å². The standard InChI is InChI=1S/C26H23FN2O5/c1-32-24-12-9-18(13-25(24)33-2)22-14-21(17-7-10-20(27)11-8-17)28-29(22)26(31)16-34-23-6-4-3-5-19(23)15-30/h3-13,15,22H,14,16H2,1-2H3. The van der Waals surface area contributed by atoms with Gasteiger partial charge in [0.1, 0.15) is 11.6 Å². The Bertz CT molecular complexity index is 1230. The maximum absolute atomic E-state index is 13.4. The molecule has 3 aromatic carbocycles. The first-order valence-corrected chi connectivity index (χ1v) is 10.6. The summed E-state index contributed by atoms with van der Waals surface area (Å²) in [5, 5.41) is 5.92. The lowest BCUT2D eigenvalue weighted by Crippen LogP contribution is -2.31. The van der Waals surface area contributed by atoms with Crippen LogP contribution in [0.15, 0.2) is 71.8 Å². The molecule has 0 saturated carbocycles. The molecule has 174 valence electrons. The summed E-state index contributed by atoms with van der Waals surface area (Å²) in [4.78, 5) is 24.5. The van der Waals surface area contributed by atoms with Gasteiger partial charge in [0, 0.05) is 6.42 Å². The van der Waals surface area contributed by atoms with Crippen molar-refractivity contribution >= 4 is 17.9 Å². The molecular formula is C26H23FN2O5. The van der Waals surface area contributed by atoms with Crippen LogP contribution in [0.25, 0.3) is 0 Å². The van der Waals surface area contributed by atoms with Crippen molar-refractivity contribution < 1.29 is 28.2 Å². The fraction of sp³-hybridized carbons (Fsp3) is 0.192. The van der Waals surface area contributed by atoms with Crippen LogP contribution in [0.1, 0.15) is 33.9 Å². The van der Waals surface area contributed by atoms with Crippen LogP contribution in [0.2, 0.25) is 0 Å². The molecule has 7 nitrogen and oxygen atoms in total. The summed E-state index contributed by atoms with van der Waals surface area (Å²) in [5.74, 6) is 0.663. The number of benzene rings is 3. The number of para-hydroxylation sites is 1. The summed E-state index contributed by atoms with van der Waals surface area (Å²) in [5.41, 5.74) is 2.50. The maximum atomic E-state index is 13.4. The van der Waals surface area contributed by atoms with E-state index in [-0.39, 0.29) is 12.4 Å². The van der Waals surface area contributed by atoms with E-state index in [9.17, 15) is 14.0 Å². The molecule has 1 amide bonds. The van der Waals surface area contributed by atoms with Crippen LogP contribution in [0.4, 0.5) is 4.39 Å². The number of ether oxygens (including phenoxy) is 3. The number of methoxy groups -OCH3 is 2. The number of hydrazone groups is 1. The van der Waals surface area contributed by atoms with E-state index in [1.807, 2.05) is 6.07 Å². The van der Waals surface area contributed by atoms with Gasteiger partial charge in [-0.15, -0.1) is 0 Å². The van der Waals surface area contributed by atoms with E-state index in [0.29, 0.717) is 41.2 Å².